The zero-order valence-corrected chi connectivity index (χ0v) is 15.6. The van der Waals surface area contributed by atoms with Crippen molar-refractivity contribution in [3.63, 3.8) is 0 Å². The first-order chi connectivity index (χ1) is 13.5. The highest BCUT2D eigenvalue weighted by Crippen LogP contribution is 2.35. The Kier molecular flexibility index (Phi) is 4.49. The number of aromatic carboxylic acids is 1. The number of benzene rings is 2. The van der Waals surface area contributed by atoms with Crippen molar-refractivity contribution < 1.29 is 9.90 Å². The first-order valence-corrected chi connectivity index (χ1v) is 8.96. The van der Waals surface area contributed by atoms with Gasteiger partial charge in [-0.1, -0.05) is 30.3 Å². The maximum atomic E-state index is 11.6. The van der Waals surface area contributed by atoms with Crippen LogP contribution in [0.25, 0.3) is 28.1 Å². The summed E-state index contributed by atoms with van der Waals surface area (Å²) >= 11 is 0. The molecule has 0 aliphatic rings. The summed E-state index contributed by atoms with van der Waals surface area (Å²) in [5.74, 6) is -0.934. The third-order valence-corrected chi connectivity index (χ3v) is 4.76. The lowest BCUT2D eigenvalue weighted by Gasteiger charge is -2.09. The van der Waals surface area contributed by atoms with Gasteiger partial charge in [-0.05, 0) is 55.3 Å². The molecule has 2 aromatic heterocycles. The molecule has 0 radical (unpaired) electrons. The van der Waals surface area contributed by atoms with E-state index in [0.717, 1.165) is 39.3 Å². The average Bonchev–Trinajstić information content (AvgIpc) is 3.14. The van der Waals surface area contributed by atoms with Crippen LogP contribution in [-0.4, -0.2) is 25.8 Å². The van der Waals surface area contributed by atoms with Crippen molar-refractivity contribution in [1.29, 1.82) is 0 Å². The fourth-order valence-electron chi connectivity index (χ4n) is 3.35. The number of aromatic nitrogens is 3. The molecule has 0 aliphatic heterocycles. The lowest BCUT2D eigenvalue weighted by Crippen LogP contribution is -2.00. The lowest BCUT2D eigenvalue weighted by molar-refractivity contribution is 0.0696. The van der Waals surface area contributed by atoms with E-state index in [9.17, 15) is 9.90 Å². The highest BCUT2D eigenvalue weighted by atomic mass is 16.4. The Balaban J connectivity index is 1.97. The number of hydrogen-bond acceptors (Lipinski definition) is 3. The number of nitrogens with zero attached hydrogens (tertiary/aromatic N) is 3. The standard InChI is InChI=1S/C23H19N3O2/c1-15-13-17(11-12-24-15)22-21(14-26(25-22)18-7-4-3-5-8-18)19-9-6-10-20(16(19)2)23(27)28/h3-14H,1-2H3,(H,27,28). The Morgan fingerprint density at radius 2 is 1.75 bits per heavy atom. The zero-order valence-electron chi connectivity index (χ0n) is 15.6. The Bertz CT molecular complexity index is 1160. The molecule has 1 N–H and O–H groups in total. The maximum Gasteiger partial charge on any atom is 0.335 e. The van der Waals surface area contributed by atoms with Gasteiger partial charge in [-0.15, -0.1) is 0 Å². The molecule has 0 unspecified atom stereocenters. The molecule has 0 aliphatic carbocycles. The van der Waals surface area contributed by atoms with Gasteiger partial charge in [0.05, 0.1) is 11.3 Å². The van der Waals surface area contributed by atoms with Crippen molar-refractivity contribution in [2.24, 2.45) is 0 Å². The summed E-state index contributed by atoms with van der Waals surface area (Å²) in [6.07, 6.45) is 3.71. The number of rotatable bonds is 4. The molecule has 28 heavy (non-hydrogen) atoms. The number of pyridine rings is 1. The third kappa shape index (κ3) is 3.18. The number of carboxylic acid groups (broad SMARTS) is 1. The van der Waals surface area contributed by atoms with Gasteiger partial charge in [-0.25, -0.2) is 9.48 Å². The highest BCUT2D eigenvalue weighted by Gasteiger charge is 2.18. The summed E-state index contributed by atoms with van der Waals surface area (Å²) in [5.41, 5.74) is 6.32. The second-order valence-electron chi connectivity index (χ2n) is 6.64. The van der Waals surface area contributed by atoms with Gasteiger partial charge in [0.15, 0.2) is 0 Å². The van der Waals surface area contributed by atoms with Crippen LogP contribution in [0.5, 0.6) is 0 Å². The average molecular weight is 369 g/mol. The van der Waals surface area contributed by atoms with Gasteiger partial charge in [-0.2, -0.15) is 5.10 Å². The maximum absolute atomic E-state index is 11.6. The van der Waals surface area contributed by atoms with Crippen molar-refractivity contribution >= 4 is 5.97 Å². The molecule has 0 amide bonds. The monoisotopic (exact) mass is 369 g/mol. The van der Waals surface area contributed by atoms with E-state index in [-0.39, 0.29) is 0 Å². The summed E-state index contributed by atoms with van der Waals surface area (Å²) < 4.78 is 1.83. The smallest absolute Gasteiger partial charge is 0.335 e. The molecule has 0 atom stereocenters. The van der Waals surface area contributed by atoms with Gasteiger partial charge in [-0.3, -0.25) is 4.98 Å². The van der Waals surface area contributed by atoms with Crippen LogP contribution in [0.3, 0.4) is 0 Å². The molecule has 0 saturated carbocycles. The van der Waals surface area contributed by atoms with E-state index in [4.69, 9.17) is 5.10 Å². The van der Waals surface area contributed by atoms with Crippen molar-refractivity contribution in [3.8, 4) is 28.1 Å². The van der Waals surface area contributed by atoms with Crippen LogP contribution < -0.4 is 0 Å². The van der Waals surface area contributed by atoms with E-state index in [0.29, 0.717) is 5.56 Å². The fraction of sp³-hybridized carbons (Fsp3) is 0.0870. The molecular weight excluding hydrogens is 350 g/mol. The Hall–Kier alpha value is -3.73. The van der Waals surface area contributed by atoms with E-state index < -0.39 is 5.97 Å². The quantitative estimate of drug-likeness (QED) is 0.555. The first kappa shape index (κ1) is 17.7. The van der Waals surface area contributed by atoms with Gasteiger partial charge >= 0.3 is 5.97 Å². The first-order valence-electron chi connectivity index (χ1n) is 8.96. The Labute approximate surface area is 162 Å². The van der Waals surface area contributed by atoms with Crippen molar-refractivity contribution in [2.45, 2.75) is 13.8 Å². The van der Waals surface area contributed by atoms with Crippen LogP contribution in [0, 0.1) is 13.8 Å². The number of hydrogen-bond donors (Lipinski definition) is 1. The third-order valence-electron chi connectivity index (χ3n) is 4.76. The van der Waals surface area contributed by atoms with Crippen LogP contribution in [0.1, 0.15) is 21.6 Å². The molecule has 2 aromatic carbocycles. The van der Waals surface area contributed by atoms with Crippen LogP contribution in [0.4, 0.5) is 0 Å². The summed E-state index contributed by atoms with van der Waals surface area (Å²) in [4.78, 5) is 15.9. The molecule has 2 heterocycles. The number of carboxylic acids is 1. The topological polar surface area (TPSA) is 68.0 Å². The zero-order chi connectivity index (χ0) is 19.7. The molecule has 0 fully saturated rings. The van der Waals surface area contributed by atoms with Crippen molar-refractivity contribution in [3.05, 3.63) is 89.9 Å². The molecule has 0 spiro atoms. The number of carbonyl (C=O) groups is 1. The Morgan fingerprint density at radius 1 is 0.964 bits per heavy atom. The van der Waals surface area contributed by atoms with Crippen LogP contribution >= 0.6 is 0 Å². The summed E-state index contributed by atoms with van der Waals surface area (Å²) in [7, 11) is 0. The summed E-state index contributed by atoms with van der Waals surface area (Å²) in [5, 5.41) is 14.3. The molecule has 4 rings (SSSR count). The summed E-state index contributed by atoms with van der Waals surface area (Å²) in [6.45, 7) is 3.77. The largest absolute Gasteiger partial charge is 0.478 e. The van der Waals surface area contributed by atoms with E-state index >= 15 is 0 Å². The van der Waals surface area contributed by atoms with Crippen LogP contribution in [0.2, 0.25) is 0 Å². The molecule has 138 valence electrons. The van der Waals surface area contributed by atoms with Gasteiger partial charge in [0.2, 0.25) is 0 Å². The van der Waals surface area contributed by atoms with Gasteiger partial charge < -0.3 is 5.11 Å². The van der Waals surface area contributed by atoms with Crippen LogP contribution in [-0.2, 0) is 0 Å². The minimum absolute atomic E-state index is 0.293. The van der Waals surface area contributed by atoms with Crippen molar-refractivity contribution in [2.75, 3.05) is 0 Å². The molecule has 0 bridgehead atoms. The predicted molar refractivity (Wildman–Crippen MR) is 109 cm³/mol. The van der Waals surface area contributed by atoms with E-state index in [1.807, 2.05) is 73.3 Å². The highest BCUT2D eigenvalue weighted by molar-refractivity contribution is 5.93. The molecule has 0 saturated heterocycles. The van der Waals surface area contributed by atoms with E-state index in [1.165, 1.54) is 0 Å². The minimum Gasteiger partial charge on any atom is -0.478 e. The molecule has 5 heteroatoms. The van der Waals surface area contributed by atoms with E-state index in [2.05, 4.69) is 4.98 Å². The SMILES string of the molecule is Cc1cc(-c2nn(-c3ccccc3)cc2-c2cccc(C(=O)O)c2C)ccn1. The van der Waals surface area contributed by atoms with Gasteiger partial charge in [0.25, 0.3) is 0 Å². The lowest BCUT2D eigenvalue weighted by atomic mass is 9.95. The predicted octanol–water partition coefficient (Wildman–Crippen LogP) is 4.92. The normalized spacial score (nSPS) is 10.8. The van der Waals surface area contributed by atoms with E-state index in [1.54, 1.807) is 18.3 Å². The minimum atomic E-state index is -0.934. The molecular formula is C23H19N3O2. The molecule has 5 nitrogen and oxygen atoms in total. The molecule has 4 aromatic rings. The Morgan fingerprint density at radius 3 is 2.46 bits per heavy atom. The van der Waals surface area contributed by atoms with Crippen LogP contribution in [0.15, 0.2) is 73.1 Å². The van der Waals surface area contributed by atoms with Gasteiger partial charge in [0.1, 0.15) is 5.69 Å². The van der Waals surface area contributed by atoms with Crippen molar-refractivity contribution in [1.82, 2.24) is 14.8 Å². The number of para-hydroxylation sites is 1. The second-order valence-corrected chi connectivity index (χ2v) is 6.64. The second kappa shape index (κ2) is 7.12. The number of aryl methyl sites for hydroxylation is 1. The van der Waals surface area contributed by atoms with Gasteiger partial charge in [0, 0.05) is 29.2 Å². The fourth-order valence-corrected chi connectivity index (χ4v) is 3.35. The summed E-state index contributed by atoms with van der Waals surface area (Å²) in [6, 6.07) is 19.1.